The minimum Gasteiger partial charge on any atom is -0.496 e. The topological polar surface area (TPSA) is 68.3 Å². The smallest absolute Gasteiger partial charge is 0.205 e. The van der Waals surface area contributed by atoms with E-state index in [0.717, 1.165) is 32.1 Å². The molecule has 0 amide bonds. The number of halogens is 1. The van der Waals surface area contributed by atoms with Gasteiger partial charge >= 0.3 is 0 Å². The van der Waals surface area contributed by atoms with Gasteiger partial charge in [-0.2, -0.15) is 5.26 Å². The number of benzene rings is 3. The number of nitrogens with two attached hydrogens (primary N) is 1. The third-order valence-corrected chi connectivity index (χ3v) is 5.14. The lowest BCUT2D eigenvalue weighted by molar-refractivity contribution is 0.393. The Labute approximate surface area is 159 Å². The number of hydrogen-bond acceptors (Lipinski definition) is 4. The third-order valence-electron chi connectivity index (χ3n) is 4.61. The fourth-order valence-corrected chi connectivity index (χ4v) is 3.68. The first-order valence-corrected chi connectivity index (χ1v) is 8.86. The zero-order valence-corrected chi connectivity index (χ0v) is 15.6. The van der Waals surface area contributed by atoms with Crippen LogP contribution in [0, 0.1) is 11.3 Å². The highest BCUT2D eigenvalue weighted by atomic mass is 79.9. The molecular weight excluding hydrogens is 392 g/mol. The highest BCUT2D eigenvalue weighted by molar-refractivity contribution is 9.10. The predicted molar refractivity (Wildman–Crippen MR) is 104 cm³/mol. The molecule has 1 aliphatic rings. The Morgan fingerprint density at radius 3 is 2.46 bits per heavy atom. The lowest BCUT2D eigenvalue weighted by atomic mass is 9.82. The second-order valence-electron chi connectivity index (χ2n) is 6.02. The summed E-state index contributed by atoms with van der Waals surface area (Å²) in [5.74, 6) is 1.24. The molecule has 0 radical (unpaired) electrons. The number of methoxy groups -OCH3 is 1. The van der Waals surface area contributed by atoms with Crippen LogP contribution in [0.15, 0.2) is 70.5 Å². The fraction of sp³-hybridized carbons (Fsp3) is 0.0952. The number of rotatable bonds is 2. The maximum atomic E-state index is 9.70. The molecule has 0 saturated heterocycles. The minimum atomic E-state index is -0.310. The van der Waals surface area contributed by atoms with Crippen LogP contribution in [0.25, 0.3) is 10.8 Å². The van der Waals surface area contributed by atoms with E-state index in [0.29, 0.717) is 11.3 Å². The molecule has 4 rings (SSSR count). The summed E-state index contributed by atoms with van der Waals surface area (Å²) in [5.41, 5.74) is 8.35. The summed E-state index contributed by atoms with van der Waals surface area (Å²) in [6.45, 7) is 0. The van der Waals surface area contributed by atoms with Gasteiger partial charge in [-0.25, -0.2) is 0 Å². The Hall–Kier alpha value is -2.97. The van der Waals surface area contributed by atoms with Gasteiger partial charge in [-0.1, -0.05) is 52.3 Å². The molecule has 0 spiro atoms. The molecule has 3 aromatic rings. The van der Waals surface area contributed by atoms with Gasteiger partial charge in [0.25, 0.3) is 0 Å². The Morgan fingerprint density at radius 2 is 1.81 bits per heavy atom. The molecule has 26 heavy (non-hydrogen) atoms. The van der Waals surface area contributed by atoms with Crippen LogP contribution in [-0.4, -0.2) is 7.11 Å². The van der Waals surface area contributed by atoms with Crippen LogP contribution < -0.4 is 15.2 Å². The van der Waals surface area contributed by atoms with Gasteiger partial charge in [-0.05, 0) is 23.8 Å². The van der Waals surface area contributed by atoms with E-state index in [1.165, 1.54) is 0 Å². The first kappa shape index (κ1) is 16.5. The van der Waals surface area contributed by atoms with Crippen molar-refractivity contribution in [2.75, 3.05) is 7.11 Å². The van der Waals surface area contributed by atoms with Crippen LogP contribution in [0.4, 0.5) is 0 Å². The van der Waals surface area contributed by atoms with Crippen LogP contribution in [0.2, 0.25) is 0 Å². The van der Waals surface area contributed by atoms with Crippen LogP contribution in [0.1, 0.15) is 17.0 Å². The van der Waals surface area contributed by atoms with Gasteiger partial charge in [-0.15, -0.1) is 0 Å². The molecule has 3 aromatic carbocycles. The highest BCUT2D eigenvalue weighted by Gasteiger charge is 2.32. The first-order valence-electron chi connectivity index (χ1n) is 8.06. The van der Waals surface area contributed by atoms with E-state index in [4.69, 9.17) is 15.2 Å². The Balaban J connectivity index is 2.05. The molecule has 1 atom stereocenters. The van der Waals surface area contributed by atoms with Crippen LogP contribution in [0.5, 0.6) is 11.5 Å². The van der Waals surface area contributed by atoms with Crippen molar-refractivity contribution in [1.29, 1.82) is 5.26 Å². The van der Waals surface area contributed by atoms with E-state index in [2.05, 4.69) is 22.0 Å². The number of fused-ring (bicyclic) bond motifs is 3. The van der Waals surface area contributed by atoms with Gasteiger partial charge in [0.2, 0.25) is 5.88 Å². The zero-order chi connectivity index (χ0) is 18.3. The summed E-state index contributed by atoms with van der Waals surface area (Å²) in [6.07, 6.45) is 0. The molecule has 4 nitrogen and oxygen atoms in total. The largest absolute Gasteiger partial charge is 0.496 e. The second kappa shape index (κ2) is 6.40. The van der Waals surface area contributed by atoms with E-state index in [1.807, 2.05) is 54.6 Å². The monoisotopic (exact) mass is 406 g/mol. The standard InChI is InChI=1S/C21H15BrN2O2/c1-25-18-10-16-19(12-6-8-13(22)9-7-12)17(11-23)21(24)26-20(16)15-5-3-2-4-14(15)18/h2-10,19H,24H2,1H3/t19-/m0/s1. The van der Waals surface area contributed by atoms with Gasteiger partial charge < -0.3 is 15.2 Å². The molecule has 5 heteroatoms. The number of ether oxygens (including phenoxy) is 2. The van der Waals surface area contributed by atoms with Crippen molar-refractivity contribution in [2.24, 2.45) is 5.73 Å². The van der Waals surface area contributed by atoms with E-state index in [9.17, 15) is 5.26 Å². The molecular formula is C21H15BrN2O2. The number of hydrogen-bond donors (Lipinski definition) is 1. The van der Waals surface area contributed by atoms with Gasteiger partial charge in [0, 0.05) is 20.8 Å². The normalized spacial score (nSPS) is 16.0. The van der Waals surface area contributed by atoms with Crippen molar-refractivity contribution >= 4 is 26.7 Å². The summed E-state index contributed by atoms with van der Waals surface area (Å²) in [4.78, 5) is 0. The lowest BCUT2D eigenvalue weighted by Gasteiger charge is -2.28. The summed E-state index contributed by atoms with van der Waals surface area (Å²) in [5, 5.41) is 11.6. The highest BCUT2D eigenvalue weighted by Crippen LogP contribution is 2.48. The average molecular weight is 407 g/mol. The van der Waals surface area contributed by atoms with Crippen LogP contribution in [0.3, 0.4) is 0 Å². The SMILES string of the molecule is COc1cc2c(c3ccccc13)OC(N)=C(C#N)[C@H]2c1ccc(Br)cc1. The van der Waals surface area contributed by atoms with E-state index >= 15 is 0 Å². The minimum absolute atomic E-state index is 0.142. The molecule has 0 saturated carbocycles. The molecule has 0 aromatic heterocycles. The van der Waals surface area contributed by atoms with E-state index in [-0.39, 0.29) is 11.8 Å². The Kier molecular flexibility index (Phi) is 4.06. The van der Waals surface area contributed by atoms with E-state index < -0.39 is 0 Å². The number of nitrogens with zero attached hydrogens (tertiary/aromatic N) is 1. The number of nitriles is 1. The van der Waals surface area contributed by atoms with Gasteiger partial charge in [-0.3, -0.25) is 0 Å². The fourth-order valence-electron chi connectivity index (χ4n) is 3.42. The van der Waals surface area contributed by atoms with Gasteiger partial charge in [0.05, 0.1) is 13.0 Å². The van der Waals surface area contributed by atoms with Crippen molar-refractivity contribution in [2.45, 2.75) is 5.92 Å². The maximum Gasteiger partial charge on any atom is 0.205 e. The van der Waals surface area contributed by atoms with Crippen molar-refractivity contribution in [1.82, 2.24) is 0 Å². The third kappa shape index (κ3) is 2.51. The van der Waals surface area contributed by atoms with Gasteiger partial charge in [0.1, 0.15) is 23.1 Å². The Bertz CT molecular complexity index is 1080. The molecule has 1 aliphatic heterocycles. The summed E-state index contributed by atoms with van der Waals surface area (Å²) >= 11 is 3.45. The van der Waals surface area contributed by atoms with Crippen LogP contribution >= 0.6 is 15.9 Å². The van der Waals surface area contributed by atoms with E-state index in [1.54, 1.807) is 7.11 Å². The Morgan fingerprint density at radius 1 is 1.12 bits per heavy atom. The molecule has 0 aliphatic carbocycles. The zero-order valence-electron chi connectivity index (χ0n) is 14.0. The average Bonchev–Trinajstić information content (AvgIpc) is 2.67. The molecule has 0 unspecified atom stereocenters. The quantitative estimate of drug-likeness (QED) is 0.661. The predicted octanol–water partition coefficient (Wildman–Crippen LogP) is 4.83. The first-order chi connectivity index (χ1) is 12.6. The number of allylic oxidation sites excluding steroid dienone is 1. The van der Waals surface area contributed by atoms with Crippen molar-refractivity contribution in [3.8, 4) is 17.6 Å². The molecule has 2 N–H and O–H groups in total. The lowest BCUT2D eigenvalue weighted by Crippen LogP contribution is -2.21. The summed E-state index contributed by atoms with van der Waals surface area (Å²) in [6, 6.07) is 19.9. The molecule has 0 bridgehead atoms. The van der Waals surface area contributed by atoms with Crippen molar-refractivity contribution in [3.05, 3.63) is 81.7 Å². The van der Waals surface area contributed by atoms with Gasteiger partial charge in [0.15, 0.2) is 0 Å². The van der Waals surface area contributed by atoms with Crippen molar-refractivity contribution < 1.29 is 9.47 Å². The molecule has 128 valence electrons. The summed E-state index contributed by atoms with van der Waals surface area (Å²) < 4.78 is 12.5. The molecule has 0 fully saturated rings. The summed E-state index contributed by atoms with van der Waals surface area (Å²) in [7, 11) is 1.64. The van der Waals surface area contributed by atoms with Crippen LogP contribution in [-0.2, 0) is 0 Å². The molecule has 1 heterocycles. The van der Waals surface area contributed by atoms with Crippen molar-refractivity contribution in [3.63, 3.8) is 0 Å². The maximum absolute atomic E-state index is 9.70. The second-order valence-corrected chi connectivity index (χ2v) is 6.93.